The zero-order chi connectivity index (χ0) is 25.4. The fourth-order valence-corrected chi connectivity index (χ4v) is 3.86. The number of benzene rings is 1. The number of amides is 3. The first-order valence-electron chi connectivity index (χ1n) is 11.3. The summed E-state index contributed by atoms with van der Waals surface area (Å²) in [7, 11) is 0. The molecular weight excluding hydrogens is 432 g/mol. The lowest BCUT2D eigenvalue weighted by Crippen LogP contribution is -2.33. The van der Waals surface area contributed by atoms with E-state index in [1.54, 1.807) is 35.9 Å². The molecule has 3 amide bonds. The van der Waals surface area contributed by atoms with E-state index in [4.69, 9.17) is 17.2 Å². The van der Waals surface area contributed by atoms with E-state index >= 15 is 0 Å². The van der Waals surface area contributed by atoms with Gasteiger partial charge in [0, 0.05) is 17.3 Å². The zero-order valence-electron chi connectivity index (χ0n) is 20.4. The predicted molar refractivity (Wildman–Crippen MR) is 131 cm³/mol. The summed E-state index contributed by atoms with van der Waals surface area (Å²) in [6, 6.07) is 7.03. The van der Waals surface area contributed by atoms with E-state index in [-0.39, 0.29) is 22.3 Å². The molecule has 1 atom stereocenters. The highest BCUT2D eigenvalue weighted by Crippen LogP contribution is 2.45. The second-order valence-corrected chi connectivity index (χ2v) is 10.5. The van der Waals surface area contributed by atoms with Crippen LogP contribution in [0.3, 0.4) is 0 Å². The number of nitrogen functional groups attached to an aromatic ring is 1. The van der Waals surface area contributed by atoms with Gasteiger partial charge in [0.05, 0.1) is 11.5 Å². The standard InChI is InChI=1S/C25H34N6O3/c1-14(23(34)29-18(32)12-17(26)13-24(2,3)4)15-6-8-16(9-7-15)20-19(22(28)33)21(27)31(30-20)25(5)10-11-25/h6-9,12,14H,10-11,13,26-27H2,1-5H3,(H2,28,33)(H,29,32,34). The third-order valence-corrected chi connectivity index (χ3v) is 6.03. The number of carbonyl (C=O) groups excluding carboxylic acids is 3. The Balaban J connectivity index is 1.76. The highest BCUT2D eigenvalue weighted by Gasteiger charge is 2.43. The number of anilines is 1. The van der Waals surface area contributed by atoms with Crippen molar-refractivity contribution >= 4 is 23.5 Å². The first-order chi connectivity index (χ1) is 15.7. The monoisotopic (exact) mass is 466 g/mol. The molecule has 34 heavy (non-hydrogen) atoms. The van der Waals surface area contributed by atoms with Gasteiger partial charge in [-0.25, -0.2) is 4.68 Å². The minimum Gasteiger partial charge on any atom is -0.402 e. The molecule has 0 radical (unpaired) electrons. The molecule has 3 rings (SSSR count). The van der Waals surface area contributed by atoms with Gasteiger partial charge in [0.15, 0.2) is 0 Å². The Bertz CT molecular complexity index is 1150. The molecule has 7 N–H and O–H groups in total. The normalized spacial score (nSPS) is 16.1. The Morgan fingerprint density at radius 3 is 2.26 bits per heavy atom. The van der Waals surface area contributed by atoms with Gasteiger partial charge in [-0.1, -0.05) is 45.0 Å². The van der Waals surface area contributed by atoms with E-state index in [0.29, 0.717) is 28.9 Å². The van der Waals surface area contributed by atoms with Crippen LogP contribution in [0, 0.1) is 5.41 Å². The van der Waals surface area contributed by atoms with Crippen molar-refractivity contribution < 1.29 is 14.4 Å². The van der Waals surface area contributed by atoms with Crippen LogP contribution in [0.2, 0.25) is 0 Å². The largest absolute Gasteiger partial charge is 0.402 e. The number of rotatable bonds is 7. The van der Waals surface area contributed by atoms with Crippen molar-refractivity contribution in [3.63, 3.8) is 0 Å². The second-order valence-electron chi connectivity index (χ2n) is 10.5. The Kier molecular flexibility index (Phi) is 6.59. The van der Waals surface area contributed by atoms with Gasteiger partial charge in [0.1, 0.15) is 17.1 Å². The maximum Gasteiger partial charge on any atom is 0.254 e. The second kappa shape index (κ2) is 8.96. The lowest BCUT2D eigenvalue weighted by Gasteiger charge is -2.18. The Morgan fingerprint density at radius 2 is 1.76 bits per heavy atom. The Labute approximate surface area is 199 Å². The van der Waals surface area contributed by atoms with Crippen LogP contribution in [0.15, 0.2) is 36.0 Å². The summed E-state index contributed by atoms with van der Waals surface area (Å²) in [6.45, 7) is 9.77. The van der Waals surface area contributed by atoms with E-state index in [2.05, 4.69) is 10.4 Å². The predicted octanol–water partition coefficient (Wildman–Crippen LogP) is 2.77. The lowest BCUT2D eigenvalue weighted by atomic mass is 9.90. The van der Waals surface area contributed by atoms with Gasteiger partial charge in [-0.05, 0) is 44.1 Å². The van der Waals surface area contributed by atoms with Gasteiger partial charge in [0.2, 0.25) is 5.91 Å². The van der Waals surface area contributed by atoms with Crippen molar-refractivity contribution in [3.8, 4) is 11.3 Å². The molecule has 9 heteroatoms. The third-order valence-electron chi connectivity index (χ3n) is 6.03. The number of primary amides is 1. The first kappa shape index (κ1) is 25.0. The number of nitrogens with one attached hydrogen (secondary N) is 1. The summed E-state index contributed by atoms with van der Waals surface area (Å²) in [5.41, 5.74) is 19.8. The van der Waals surface area contributed by atoms with E-state index < -0.39 is 23.6 Å². The maximum absolute atomic E-state index is 12.6. The molecule has 1 aromatic carbocycles. The van der Waals surface area contributed by atoms with Crippen molar-refractivity contribution in [1.29, 1.82) is 0 Å². The fourth-order valence-electron chi connectivity index (χ4n) is 3.86. The van der Waals surface area contributed by atoms with Gasteiger partial charge in [0.25, 0.3) is 11.8 Å². The number of allylic oxidation sites excluding steroid dienone is 1. The highest BCUT2D eigenvalue weighted by atomic mass is 16.2. The molecule has 1 aliphatic carbocycles. The molecule has 0 spiro atoms. The maximum atomic E-state index is 12.6. The average Bonchev–Trinajstić information content (AvgIpc) is 3.35. The van der Waals surface area contributed by atoms with Gasteiger partial charge in [-0.3, -0.25) is 19.7 Å². The molecule has 0 saturated heterocycles. The van der Waals surface area contributed by atoms with Crippen molar-refractivity contribution in [1.82, 2.24) is 15.1 Å². The van der Waals surface area contributed by atoms with Crippen molar-refractivity contribution in [3.05, 3.63) is 47.2 Å². The van der Waals surface area contributed by atoms with E-state index in [1.807, 2.05) is 27.7 Å². The molecule has 1 unspecified atom stereocenters. The summed E-state index contributed by atoms with van der Waals surface area (Å²) in [5.74, 6) is -1.95. The van der Waals surface area contributed by atoms with Crippen LogP contribution in [0.5, 0.6) is 0 Å². The number of hydrogen-bond donors (Lipinski definition) is 4. The van der Waals surface area contributed by atoms with Crippen molar-refractivity contribution in [2.45, 2.75) is 65.3 Å². The van der Waals surface area contributed by atoms with Crippen LogP contribution >= 0.6 is 0 Å². The van der Waals surface area contributed by atoms with E-state index in [0.717, 1.165) is 12.8 Å². The Morgan fingerprint density at radius 1 is 1.18 bits per heavy atom. The van der Waals surface area contributed by atoms with Gasteiger partial charge >= 0.3 is 0 Å². The van der Waals surface area contributed by atoms with Crippen LogP contribution in [0.25, 0.3) is 11.3 Å². The lowest BCUT2D eigenvalue weighted by molar-refractivity contribution is -0.128. The molecule has 9 nitrogen and oxygen atoms in total. The Hall–Kier alpha value is -3.62. The minimum absolute atomic E-state index is 0.0643. The van der Waals surface area contributed by atoms with Crippen molar-refractivity contribution in [2.24, 2.45) is 16.9 Å². The van der Waals surface area contributed by atoms with E-state index in [1.165, 1.54) is 6.08 Å². The zero-order valence-corrected chi connectivity index (χ0v) is 20.4. The number of nitrogens with two attached hydrogens (primary N) is 3. The van der Waals surface area contributed by atoms with E-state index in [9.17, 15) is 14.4 Å². The minimum atomic E-state index is -0.642. The summed E-state index contributed by atoms with van der Waals surface area (Å²) in [4.78, 5) is 36.9. The average molecular weight is 467 g/mol. The molecular formula is C25H34N6O3. The number of carbonyl (C=O) groups is 3. The van der Waals surface area contributed by atoms with Crippen LogP contribution in [0.4, 0.5) is 5.82 Å². The molecule has 0 aliphatic heterocycles. The molecule has 1 saturated carbocycles. The fraction of sp³-hybridized carbons (Fsp3) is 0.440. The third kappa shape index (κ3) is 5.47. The molecule has 1 aromatic heterocycles. The molecule has 1 fully saturated rings. The van der Waals surface area contributed by atoms with Gasteiger partial charge in [-0.2, -0.15) is 5.10 Å². The number of hydrogen-bond acceptors (Lipinski definition) is 6. The molecule has 2 aromatic rings. The molecule has 1 aliphatic rings. The summed E-state index contributed by atoms with van der Waals surface area (Å²) in [6.07, 6.45) is 3.65. The highest BCUT2D eigenvalue weighted by molar-refractivity contribution is 6.04. The number of imide groups is 1. The van der Waals surface area contributed by atoms with Gasteiger partial charge in [-0.15, -0.1) is 0 Å². The van der Waals surface area contributed by atoms with Crippen LogP contribution < -0.4 is 22.5 Å². The quantitative estimate of drug-likeness (QED) is 0.459. The summed E-state index contributed by atoms with van der Waals surface area (Å²) >= 11 is 0. The topological polar surface area (TPSA) is 159 Å². The smallest absolute Gasteiger partial charge is 0.254 e. The molecule has 1 heterocycles. The number of nitrogens with zero attached hydrogens (tertiary/aromatic N) is 2. The molecule has 0 bridgehead atoms. The summed E-state index contributed by atoms with van der Waals surface area (Å²) < 4.78 is 1.68. The summed E-state index contributed by atoms with van der Waals surface area (Å²) in [5, 5.41) is 6.96. The number of aromatic nitrogens is 2. The molecule has 182 valence electrons. The SMILES string of the molecule is CC(C(=O)NC(=O)C=C(N)CC(C)(C)C)c1ccc(-c2nn(C3(C)CC3)c(N)c2C(N)=O)cc1. The van der Waals surface area contributed by atoms with Gasteiger partial charge < -0.3 is 17.2 Å². The van der Waals surface area contributed by atoms with Crippen LogP contribution in [-0.2, 0) is 15.1 Å². The van der Waals surface area contributed by atoms with Crippen LogP contribution in [0.1, 0.15) is 75.7 Å². The van der Waals surface area contributed by atoms with Crippen molar-refractivity contribution in [2.75, 3.05) is 5.73 Å². The first-order valence-corrected chi connectivity index (χ1v) is 11.3. The van der Waals surface area contributed by atoms with Crippen LogP contribution in [-0.4, -0.2) is 27.5 Å².